The second-order valence-corrected chi connectivity index (χ2v) is 4.42. The van der Waals surface area contributed by atoms with Crippen LogP contribution < -0.4 is 5.32 Å². The number of hydrogen-bond donors (Lipinski definition) is 1. The minimum Gasteiger partial charge on any atom is -0.364 e. The van der Waals surface area contributed by atoms with Crippen LogP contribution in [0.5, 0.6) is 0 Å². The van der Waals surface area contributed by atoms with E-state index in [1.165, 1.54) is 0 Å². The molecule has 0 aliphatic carbocycles. The van der Waals surface area contributed by atoms with Crippen molar-refractivity contribution in [2.45, 2.75) is 20.4 Å². The molecule has 0 aromatic carbocycles. The maximum Gasteiger partial charge on any atom is 0.163 e. The predicted molar refractivity (Wildman–Crippen MR) is 69.6 cm³/mol. The Hall–Kier alpha value is -2.44. The van der Waals surface area contributed by atoms with E-state index < -0.39 is 0 Å². The van der Waals surface area contributed by atoms with Gasteiger partial charge in [0.1, 0.15) is 23.6 Å². The summed E-state index contributed by atoms with van der Waals surface area (Å²) < 4.78 is 6.64. The third kappa shape index (κ3) is 2.03. The fourth-order valence-electron chi connectivity index (χ4n) is 1.91. The van der Waals surface area contributed by atoms with E-state index in [1.54, 1.807) is 17.1 Å². The fraction of sp³-hybridized carbons (Fsp3) is 0.333. The Morgan fingerprint density at radius 1 is 1.32 bits per heavy atom. The monoisotopic (exact) mass is 258 g/mol. The van der Waals surface area contributed by atoms with Crippen LogP contribution in [-0.2, 0) is 13.6 Å². The molecule has 98 valence electrons. The van der Waals surface area contributed by atoms with Gasteiger partial charge in [-0.1, -0.05) is 5.16 Å². The Bertz CT molecular complexity index is 729. The first-order valence-corrected chi connectivity index (χ1v) is 5.95. The normalized spacial score (nSPS) is 11.1. The lowest BCUT2D eigenvalue weighted by Gasteiger charge is -2.06. The Morgan fingerprint density at radius 3 is 2.89 bits per heavy atom. The molecule has 3 aromatic heterocycles. The van der Waals surface area contributed by atoms with Crippen LogP contribution in [0.4, 0.5) is 5.82 Å². The number of hydrogen-bond acceptors (Lipinski definition) is 6. The average molecular weight is 258 g/mol. The van der Waals surface area contributed by atoms with Gasteiger partial charge in [0.05, 0.1) is 18.1 Å². The molecule has 0 spiro atoms. The lowest BCUT2D eigenvalue weighted by molar-refractivity contribution is 0.412. The molecular formula is C12H14N6O. The van der Waals surface area contributed by atoms with Crippen LogP contribution in [0, 0.1) is 13.8 Å². The van der Waals surface area contributed by atoms with Crippen molar-refractivity contribution < 1.29 is 4.52 Å². The van der Waals surface area contributed by atoms with E-state index in [9.17, 15) is 0 Å². The Kier molecular flexibility index (Phi) is 2.66. The van der Waals surface area contributed by atoms with E-state index in [1.807, 2.05) is 20.9 Å². The van der Waals surface area contributed by atoms with E-state index in [-0.39, 0.29) is 0 Å². The first-order chi connectivity index (χ1) is 9.15. The molecule has 0 amide bonds. The second kappa shape index (κ2) is 4.34. The summed E-state index contributed by atoms with van der Waals surface area (Å²) >= 11 is 0. The molecular weight excluding hydrogens is 244 g/mol. The van der Waals surface area contributed by atoms with Gasteiger partial charge >= 0.3 is 0 Å². The summed E-state index contributed by atoms with van der Waals surface area (Å²) in [4.78, 5) is 8.78. The molecule has 0 unspecified atom stereocenters. The Labute approximate surface area is 109 Å². The highest BCUT2D eigenvalue weighted by Crippen LogP contribution is 2.20. The topological polar surface area (TPSA) is 81.7 Å². The third-order valence-corrected chi connectivity index (χ3v) is 2.97. The molecule has 3 rings (SSSR count). The first kappa shape index (κ1) is 11.6. The van der Waals surface area contributed by atoms with E-state index in [0.29, 0.717) is 12.4 Å². The highest BCUT2D eigenvalue weighted by molar-refractivity contribution is 5.86. The largest absolute Gasteiger partial charge is 0.364 e. The van der Waals surface area contributed by atoms with E-state index in [0.717, 1.165) is 28.1 Å². The van der Waals surface area contributed by atoms with Gasteiger partial charge in [-0.15, -0.1) is 0 Å². The molecule has 7 nitrogen and oxygen atoms in total. The Morgan fingerprint density at radius 2 is 2.16 bits per heavy atom. The molecule has 0 bridgehead atoms. The summed E-state index contributed by atoms with van der Waals surface area (Å²) in [5.41, 5.74) is 2.70. The van der Waals surface area contributed by atoms with Crippen molar-refractivity contribution in [3.8, 4) is 0 Å². The van der Waals surface area contributed by atoms with Gasteiger partial charge in [-0.05, 0) is 13.8 Å². The molecule has 7 heteroatoms. The predicted octanol–water partition coefficient (Wildman–Crippen LogP) is 1.58. The zero-order chi connectivity index (χ0) is 13.4. The molecule has 0 aliphatic heterocycles. The number of aromatic nitrogens is 5. The maximum atomic E-state index is 4.91. The van der Waals surface area contributed by atoms with Crippen molar-refractivity contribution in [1.82, 2.24) is 24.9 Å². The highest BCUT2D eigenvalue weighted by Gasteiger charge is 2.10. The summed E-state index contributed by atoms with van der Waals surface area (Å²) in [6, 6.07) is 0. The number of aryl methyl sites for hydroxylation is 3. The van der Waals surface area contributed by atoms with E-state index in [2.05, 4.69) is 25.5 Å². The fourth-order valence-corrected chi connectivity index (χ4v) is 1.91. The van der Waals surface area contributed by atoms with Crippen LogP contribution in [0.15, 0.2) is 17.0 Å². The molecule has 0 aliphatic rings. The zero-order valence-corrected chi connectivity index (χ0v) is 11.0. The van der Waals surface area contributed by atoms with Gasteiger partial charge < -0.3 is 9.84 Å². The summed E-state index contributed by atoms with van der Waals surface area (Å²) in [6.07, 6.45) is 3.38. The molecule has 0 saturated carbocycles. The molecule has 3 heterocycles. The molecule has 19 heavy (non-hydrogen) atoms. The van der Waals surface area contributed by atoms with Crippen LogP contribution in [-0.4, -0.2) is 24.9 Å². The van der Waals surface area contributed by atoms with Gasteiger partial charge in [-0.25, -0.2) is 9.97 Å². The number of anilines is 1. The van der Waals surface area contributed by atoms with Crippen molar-refractivity contribution >= 4 is 16.9 Å². The number of nitrogens with one attached hydrogen (secondary N) is 1. The number of nitrogens with zero attached hydrogens (tertiary/aromatic N) is 5. The van der Waals surface area contributed by atoms with Crippen LogP contribution in [0.1, 0.15) is 17.1 Å². The second-order valence-electron chi connectivity index (χ2n) is 4.42. The standard InChI is InChI=1S/C12H14N6O/c1-7-6-19-17-10(7)5-13-11-9-4-14-18(3)12(9)16-8(2)15-11/h4,6H,5H2,1-3H3,(H,13,15,16). The van der Waals surface area contributed by atoms with Crippen molar-refractivity contribution in [2.75, 3.05) is 5.32 Å². The van der Waals surface area contributed by atoms with Gasteiger partial charge in [0.2, 0.25) is 0 Å². The summed E-state index contributed by atoms with van der Waals surface area (Å²) in [6.45, 7) is 4.38. The Balaban J connectivity index is 1.94. The minimum absolute atomic E-state index is 0.558. The zero-order valence-electron chi connectivity index (χ0n) is 11.0. The van der Waals surface area contributed by atoms with Crippen molar-refractivity contribution in [2.24, 2.45) is 7.05 Å². The molecule has 1 N–H and O–H groups in total. The smallest absolute Gasteiger partial charge is 0.163 e. The van der Waals surface area contributed by atoms with Gasteiger partial charge in [-0.3, -0.25) is 4.68 Å². The summed E-state index contributed by atoms with van der Waals surface area (Å²) in [7, 11) is 1.86. The number of rotatable bonds is 3. The SMILES string of the molecule is Cc1nc(NCc2nocc2C)c2cnn(C)c2n1. The van der Waals surface area contributed by atoms with Crippen molar-refractivity contribution in [3.63, 3.8) is 0 Å². The van der Waals surface area contributed by atoms with Crippen molar-refractivity contribution in [1.29, 1.82) is 0 Å². The third-order valence-electron chi connectivity index (χ3n) is 2.97. The first-order valence-electron chi connectivity index (χ1n) is 5.95. The van der Waals surface area contributed by atoms with Crippen LogP contribution in [0.3, 0.4) is 0 Å². The van der Waals surface area contributed by atoms with Crippen LogP contribution >= 0.6 is 0 Å². The minimum atomic E-state index is 0.558. The molecule has 0 fully saturated rings. The molecule has 0 atom stereocenters. The van der Waals surface area contributed by atoms with Gasteiger partial charge in [-0.2, -0.15) is 5.10 Å². The van der Waals surface area contributed by atoms with Gasteiger partial charge in [0.25, 0.3) is 0 Å². The van der Waals surface area contributed by atoms with E-state index in [4.69, 9.17) is 4.52 Å². The summed E-state index contributed by atoms with van der Waals surface area (Å²) in [5, 5.41) is 12.3. The van der Waals surface area contributed by atoms with Gasteiger partial charge in [0, 0.05) is 12.6 Å². The number of fused-ring (bicyclic) bond motifs is 1. The average Bonchev–Trinajstić information content (AvgIpc) is 2.94. The molecule has 3 aromatic rings. The maximum absolute atomic E-state index is 4.91. The van der Waals surface area contributed by atoms with Crippen LogP contribution in [0.25, 0.3) is 11.0 Å². The highest BCUT2D eigenvalue weighted by atomic mass is 16.5. The quantitative estimate of drug-likeness (QED) is 0.768. The molecule has 0 radical (unpaired) electrons. The summed E-state index contributed by atoms with van der Waals surface area (Å²) in [5.74, 6) is 1.47. The van der Waals surface area contributed by atoms with Crippen molar-refractivity contribution in [3.05, 3.63) is 29.5 Å². The van der Waals surface area contributed by atoms with E-state index >= 15 is 0 Å². The van der Waals surface area contributed by atoms with Crippen LogP contribution in [0.2, 0.25) is 0 Å². The lowest BCUT2D eigenvalue weighted by atomic mass is 10.3. The molecule has 0 saturated heterocycles. The van der Waals surface area contributed by atoms with Gasteiger partial charge in [0.15, 0.2) is 5.65 Å². The lowest BCUT2D eigenvalue weighted by Crippen LogP contribution is -2.05.